The first-order chi connectivity index (χ1) is 9.79. The van der Waals surface area contributed by atoms with Crippen LogP contribution in [0.25, 0.3) is 0 Å². The molecule has 0 unspecified atom stereocenters. The van der Waals surface area contributed by atoms with Crippen LogP contribution >= 0.6 is 11.8 Å². The molecule has 3 N–H and O–H groups in total. The Kier molecular flexibility index (Phi) is 4.54. The van der Waals surface area contributed by atoms with Crippen LogP contribution in [-0.2, 0) is 5.41 Å². The molecule has 0 saturated heterocycles. The number of aryl methyl sites for hydroxylation is 2. The van der Waals surface area contributed by atoms with Crippen molar-refractivity contribution in [2.45, 2.75) is 50.0 Å². The maximum atomic E-state index is 5.52. The molecule has 21 heavy (non-hydrogen) atoms. The smallest absolute Gasteiger partial charge is 0.144 e. The first kappa shape index (κ1) is 15.8. The van der Waals surface area contributed by atoms with Crippen LogP contribution in [0, 0.1) is 13.8 Å². The van der Waals surface area contributed by atoms with Gasteiger partial charge in [0.25, 0.3) is 0 Å². The normalized spacial score (nSPS) is 11.5. The van der Waals surface area contributed by atoms with Gasteiger partial charge in [-0.15, -0.1) is 0 Å². The molecule has 1 aromatic carbocycles. The van der Waals surface area contributed by atoms with E-state index in [9.17, 15) is 0 Å². The van der Waals surface area contributed by atoms with Crippen molar-refractivity contribution in [1.82, 2.24) is 9.97 Å². The molecule has 2 aromatic rings. The second-order valence-electron chi connectivity index (χ2n) is 6.16. The SMILES string of the molecule is Cc1ccc(Sc2cc(NN)nc(C(C)(C)C)n2)cc1C. The van der Waals surface area contributed by atoms with Crippen molar-refractivity contribution in [3.63, 3.8) is 0 Å². The Morgan fingerprint density at radius 1 is 1.05 bits per heavy atom. The minimum absolute atomic E-state index is 0.120. The molecule has 0 aliphatic carbocycles. The molecule has 0 fully saturated rings. The van der Waals surface area contributed by atoms with E-state index in [1.807, 2.05) is 6.07 Å². The number of nitrogens with zero attached hydrogens (tertiary/aromatic N) is 2. The summed E-state index contributed by atoms with van der Waals surface area (Å²) in [6, 6.07) is 8.29. The van der Waals surface area contributed by atoms with E-state index < -0.39 is 0 Å². The summed E-state index contributed by atoms with van der Waals surface area (Å²) in [5.74, 6) is 6.94. The minimum Gasteiger partial charge on any atom is -0.308 e. The van der Waals surface area contributed by atoms with Crippen molar-refractivity contribution in [3.8, 4) is 0 Å². The second-order valence-corrected chi connectivity index (χ2v) is 7.25. The number of benzene rings is 1. The van der Waals surface area contributed by atoms with Gasteiger partial charge in [0.05, 0.1) is 0 Å². The Balaban J connectivity index is 2.36. The van der Waals surface area contributed by atoms with E-state index in [0.717, 1.165) is 10.9 Å². The first-order valence-corrected chi connectivity index (χ1v) is 7.72. The van der Waals surface area contributed by atoms with Crippen molar-refractivity contribution in [3.05, 3.63) is 41.2 Å². The van der Waals surface area contributed by atoms with E-state index in [4.69, 9.17) is 5.84 Å². The maximum Gasteiger partial charge on any atom is 0.144 e. The molecule has 1 aromatic heterocycles. The zero-order valence-electron chi connectivity index (χ0n) is 13.2. The molecule has 0 radical (unpaired) electrons. The average Bonchev–Trinajstić information content (AvgIpc) is 2.41. The molecule has 4 nitrogen and oxygen atoms in total. The Morgan fingerprint density at radius 3 is 2.33 bits per heavy atom. The average molecular weight is 302 g/mol. The second kappa shape index (κ2) is 6.03. The van der Waals surface area contributed by atoms with Crippen LogP contribution in [-0.4, -0.2) is 9.97 Å². The monoisotopic (exact) mass is 302 g/mol. The lowest BCUT2D eigenvalue weighted by atomic mass is 9.96. The summed E-state index contributed by atoms with van der Waals surface area (Å²) in [6.45, 7) is 10.5. The molecule has 0 aliphatic rings. The number of aromatic nitrogens is 2. The van der Waals surface area contributed by atoms with Gasteiger partial charge in [0.15, 0.2) is 0 Å². The van der Waals surface area contributed by atoms with Crippen molar-refractivity contribution in [2.75, 3.05) is 5.43 Å². The highest BCUT2D eigenvalue weighted by Gasteiger charge is 2.19. The molecule has 0 atom stereocenters. The van der Waals surface area contributed by atoms with Crippen LogP contribution in [0.5, 0.6) is 0 Å². The minimum atomic E-state index is -0.120. The van der Waals surface area contributed by atoms with Crippen LogP contribution < -0.4 is 11.3 Å². The van der Waals surface area contributed by atoms with Gasteiger partial charge >= 0.3 is 0 Å². The van der Waals surface area contributed by atoms with Gasteiger partial charge in [-0.2, -0.15) is 0 Å². The fourth-order valence-electron chi connectivity index (χ4n) is 1.78. The van der Waals surface area contributed by atoms with Crippen LogP contribution in [0.2, 0.25) is 0 Å². The van der Waals surface area contributed by atoms with E-state index in [0.29, 0.717) is 5.82 Å². The highest BCUT2D eigenvalue weighted by Crippen LogP contribution is 2.30. The maximum absolute atomic E-state index is 5.52. The van der Waals surface area contributed by atoms with Crippen molar-refractivity contribution in [2.24, 2.45) is 5.84 Å². The molecule has 1 heterocycles. The Labute approximate surface area is 130 Å². The number of hydrogen-bond donors (Lipinski definition) is 2. The van der Waals surface area contributed by atoms with Gasteiger partial charge in [-0.25, -0.2) is 15.8 Å². The van der Waals surface area contributed by atoms with Gasteiger partial charge in [0.2, 0.25) is 0 Å². The molecule has 5 heteroatoms. The molecule has 0 aliphatic heterocycles. The van der Waals surface area contributed by atoms with E-state index in [1.54, 1.807) is 11.8 Å². The third kappa shape index (κ3) is 3.95. The first-order valence-electron chi connectivity index (χ1n) is 6.91. The zero-order valence-corrected chi connectivity index (χ0v) is 14.0. The molecule has 0 amide bonds. The predicted octanol–water partition coefficient (Wildman–Crippen LogP) is 3.83. The third-order valence-electron chi connectivity index (χ3n) is 3.22. The standard InChI is InChI=1S/C16H22N4S/c1-10-6-7-12(8-11(10)2)21-14-9-13(20-17)18-15(19-14)16(3,4)5/h6-9H,17H2,1-5H3,(H,18,19,20). The van der Waals surface area contributed by atoms with Crippen molar-refractivity contribution in [1.29, 1.82) is 0 Å². The summed E-state index contributed by atoms with van der Waals surface area (Å²) in [5, 5.41) is 0.895. The van der Waals surface area contributed by atoms with Crippen LogP contribution in [0.3, 0.4) is 0 Å². The molecule has 112 valence electrons. The lowest BCUT2D eigenvalue weighted by Crippen LogP contribution is -2.19. The zero-order chi connectivity index (χ0) is 15.6. The number of anilines is 1. The summed E-state index contributed by atoms with van der Waals surface area (Å²) >= 11 is 1.62. The van der Waals surface area contributed by atoms with Crippen molar-refractivity contribution < 1.29 is 0 Å². The Morgan fingerprint density at radius 2 is 1.76 bits per heavy atom. The number of hydrogen-bond acceptors (Lipinski definition) is 5. The topological polar surface area (TPSA) is 63.8 Å². The Hall–Kier alpha value is -1.59. The van der Waals surface area contributed by atoms with Gasteiger partial charge in [-0.3, -0.25) is 0 Å². The quantitative estimate of drug-likeness (QED) is 0.512. The van der Waals surface area contributed by atoms with Gasteiger partial charge in [0, 0.05) is 16.4 Å². The lowest BCUT2D eigenvalue weighted by Gasteiger charge is -2.18. The molecule has 0 saturated carbocycles. The van der Waals surface area contributed by atoms with E-state index in [2.05, 4.69) is 68.2 Å². The number of rotatable bonds is 3. The van der Waals surface area contributed by atoms with Crippen LogP contribution in [0.4, 0.5) is 5.82 Å². The number of nitrogens with two attached hydrogens (primary N) is 1. The highest BCUT2D eigenvalue weighted by atomic mass is 32.2. The van der Waals surface area contributed by atoms with E-state index in [1.165, 1.54) is 16.0 Å². The summed E-state index contributed by atoms with van der Waals surface area (Å²) in [5.41, 5.74) is 5.08. The van der Waals surface area contributed by atoms with Gasteiger partial charge < -0.3 is 5.43 Å². The highest BCUT2D eigenvalue weighted by molar-refractivity contribution is 7.99. The third-order valence-corrected chi connectivity index (χ3v) is 4.13. The van der Waals surface area contributed by atoms with Crippen LogP contribution in [0.1, 0.15) is 37.7 Å². The number of hydrazine groups is 1. The molecule has 2 rings (SSSR count). The molecular weight excluding hydrogens is 280 g/mol. The predicted molar refractivity (Wildman–Crippen MR) is 88.6 cm³/mol. The number of nitrogens with one attached hydrogen (secondary N) is 1. The van der Waals surface area contributed by atoms with Gasteiger partial charge in [-0.05, 0) is 37.1 Å². The summed E-state index contributed by atoms with van der Waals surface area (Å²) < 4.78 is 0. The van der Waals surface area contributed by atoms with Gasteiger partial charge in [0.1, 0.15) is 16.7 Å². The lowest BCUT2D eigenvalue weighted by molar-refractivity contribution is 0.539. The van der Waals surface area contributed by atoms with E-state index in [-0.39, 0.29) is 5.41 Å². The van der Waals surface area contributed by atoms with Gasteiger partial charge in [-0.1, -0.05) is 38.6 Å². The number of nitrogen functional groups attached to an aromatic ring is 1. The summed E-state index contributed by atoms with van der Waals surface area (Å²) in [4.78, 5) is 10.3. The summed E-state index contributed by atoms with van der Waals surface area (Å²) in [6.07, 6.45) is 0. The van der Waals surface area contributed by atoms with Crippen molar-refractivity contribution >= 4 is 17.6 Å². The Bertz CT molecular complexity index is 647. The van der Waals surface area contributed by atoms with E-state index >= 15 is 0 Å². The fraction of sp³-hybridized carbons (Fsp3) is 0.375. The summed E-state index contributed by atoms with van der Waals surface area (Å²) in [7, 11) is 0. The van der Waals surface area contributed by atoms with Crippen LogP contribution in [0.15, 0.2) is 34.2 Å². The molecule has 0 spiro atoms. The fourth-order valence-corrected chi connectivity index (χ4v) is 2.70. The molecule has 0 bridgehead atoms. The largest absolute Gasteiger partial charge is 0.308 e. The molecular formula is C16H22N4S.